The van der Waals surface area contributed by atoms with Crippen LogP contribution in [0.2, 0.25) is 0 Å². The Morgan fingerprint density at radius 2 is 2.16 bits per heavy atom. The quantitative estimate of drug-likeness (QED) is 0.266. The minimum absolute atomic E-state index is 0.102. The second-order valence-electron chi connectivity index (χ2n) is 6.14. The summed E-state index contributed by atoms with van der Waals surface area (Å²) in [5.41, 5.74) is 0.710. The standard InChI is InChI=1S/C17H23N2O5S/c1-3-4-5-6-18-15-16(23)19-13(8-20)12(10-25-17(15)19)9-24-14(22)7-11(2)21/h15,17-18H,3-7,9-10H2,1-2H3/t15?,17-/m1/s1. The Kier molecular flexibility index (Phi) is 7.19. The van der Waals surface area contributed by atoms with Gasteiger partial charge in [-0.3, -0.25) is 24.1 Å². The monoisotopic (exact) mass is 367 g/mol. The first kappa shape index (κ1) is 19.7. The fourth-order valence-electron chi connectivity index (χ4n) is 2.77. The van der Waals surface area contributed by atoms with Gasteiger partial charge in [-0.25, -0.2) is 0 Å². The maximum absolute atomic E-state index is 12.3. The van der Waals surface area contributed by atoms with Gasteiger partial charge in [-0.05, 0) is 19.9 Å². The number of hydrogen-bond donors (Lipinski definition) is 1. The van der Waals surface area contributed by atoms with Crippen molar-refractivity contribution < 1.29 is 23.9 Å². The maximum Gasteiger partial charge on any atom is 0.313 e. The third-order valence-electron chi connectivity index (χ3n) is 4.09. The third kappa shape index (κ3) is 4.70. The van der Waals surface area contributed by atoms with Crippen molar-refractivity contribution in [2.75, 3.05) is 18.9 Å². The van der Waals surface area contributed by atoms with Gasteiger partial charge < -0.3 is 10.1 Å². The average Bonchev–Trinajstić information content (AvgIpc) is 2.58. The van der Waals surface area contributed by atoms with Crippen LogP contribution in [0.4, 0.5) is 0 Å². The molecule has 0 aromatic carbocycles. The van der Waals surface area contributed by atoms with Crippen LogP contribution in [0, 0.1) is 0 Å². The molecule has 0 aromatic heterocycles. The predicted molar refractivity (Wildman–Crippen MR) is 93.4 cm³/mol. The summed E-state index contributed by atoms with van der Waals surface area (Å²) in [4.78, 5) is 47.5. The van der Waals surface area contributed by atoms with Gasteiger partial charge in [0.05, 0.1) is 0 Å². The van der Waals surface area contributed by atoms with E-state index in [0.717, 1.165) is 25.8 Å². The van der Waals surface area contributed by atoms with Gasteiger partial charge in [0.25, 0.3) is 6.29 Å². The van der Waals surface area contributed by atoms with Crippen LogP contribution in [-0.4, -0.2) is 59.2 Å². The molecule has 0 saturated carbocycles. The number of carbonyl (C=O) groups excluding carboxylic acids is 4. The predicted octanol–water partition coefficient (Wildman–Crippen LogP) is 0.936. The Hall–Kier alpha value is -1.67. The second-order valence-corrected chi connectivity index (χ2v) is 7.25. The Balaban J connectivity index is 1.94. The van der Waals surface area contributed by atoms with Gasteiger partial charge >= 0.3 is 5.97 Å². The molecule has 8 heteroatoms. The van der Waals surface area contributed by atoms with Crippen molar-refractivity contribution >= 4 is 35.7 Å². The minimum atomic E-state index is -0.636. The number of β-lactam (4-membered cyclic amide) rings is 1. The lowest BCUT2D eigenvalue weighted by atomic mass is 10.0. The first-order chi connectivity index (χ1) is 12.0. The number of allylic oxidation sites excluding steroid dienone is 1. The van der Waals surface area contributed by atoms with Crippen molar-refractivity contribution in [3.05, 3.63) is 11.3 Å². The molecule has 1 saturated heterocycles. The van der Waals surface area contributed by atoms with Gasteiger partial charge in [-0.1, -0.05) is 19.8 Å². The summed E-state index contributed by atoms with van der Waals surface area (Å²) in [6, 6.07) is -0.285. The Morgan fingerprint density at radius 3 is 2.80 bits per heavy atom. The molecule has 0 aliphatic carbocycles. The number of thioether (sulfide) groups is 1. The number of fused-ring (bicyclic) bond motifs is 1. The average molecular weight is 367 g/mol. The van der Waals surface area contributed by atoms with Crippen molar-refractivity contribution in [2.24, 2.45) is 0 Å². The first-order valence-electron chi connectivity index (χ1n) is 8.42. The van der Waals surface area contributed by atoms with Crippen molar-refractivity contribution in [2.45, 2.75) is 50.9 Å². The van der Waals surface area contributed by atoms with Crippen LogP contribution in [0.15, 0.2) is 11.3 Å². The molecule has 1 N–H and O–H groups in total. The highest BCUT2D eigenvalue weighted by atomic mass is 32.2. The highest BCUT2D eigenvalue weighted by molar-refractivity contribution is 8.00. The number of nitrogens with zero attached hydrogens (tertiary/aromatic N) is 1. The van der Waals surface area contributed by atoms with Crippen LogP contribution in [0.25, 0.3) is 0 Å². The molecule has 25 heavy (non-hydrogen) atoms. The number of Topliss-reactive ketones (excluding diaryl/α,β-unsaturated/α-hetero) is 1. The van der Waals surface area contributed by atoms with Crippen molar-refractivity contribution in [3.8, 4) is 0 Å². The number of unbranched alkanes of at least 4 members (excludes halogenated alkanes) is 2. The van der Waals surface area contributed by atoms with Crippen LogP contribution < -0.4 is 5.32 Å². The third-order valence-corrected chi connectivity index (χ3v) is 5.43. The molecule has 2 rings (SSSR count). The molecular formula is C17H23N2O5S. The zero-order valence-electron chi connectivity index (χ0n) is 14.5. The zero-order valence-corrected chi connectivity index (χ0v) is 15.3. The molecule has 0 spiro atoms. The highest BCUT2D eigenvalue weighted by Crippen LogP contribution is 2.39. The van der Waals surface area contributed by atoms with Gasteiger partial charge in [0.15, 0.2) is 0 Å². The topological polar surface area (TPSA) is 92.8 Å². The van der Waals surface area contributed by atoms with Crippen LogP contribution in [0.3, 0.4) is 0 Å². The van der Waals surface area contributed by atoms with Crippen molar-refractivity contribution in [1.82, 2.24) is 10.2 Å². The SMILES string of the molecule is CCCCCNC1C(=O)N2C([C]=O)=C(COC(=O)CC(C)=O)CS[C@H]12. The van der Waals surface area contributed by atoms with Crippen LogP contribution in [0.1, 0.15) is 39.5 Å². The fourth-order valence-corrected chi connectivity index (χ4v) is 4.13. The van der Waals surface area contributed by atoms with Crippen LogP contribution >= 0.6 is 11.8 Å². The van der Waals surface area contributed by atoms with Crippen molar-refractivity contribution in [3.63, 3.8) is 0 Å². The van der Waals surface area contributed by atoms with Crippen LogP contribution in [-0.2, 0) is 23.9 Å². The van der Waals surface area contributed by atoms with E-state index >= 15 is 0 Å². The van der Waals surface area contributed by atoms with E-state index in [4.69, 9.17) is 4.74 Å². The Labute approximate surface area is 151 Å². The van der Waals surface area contributed by atoms with E-state index in [0.29, 0.717) is 11.3 Å². The maximum atomic E-state index is 12.3. The molecule has 1 fully saturated rings. The Bertz CT molecular complexity index is 590. The second kappa shape index (κ2) is 9.15. The fraction of sp³-hybridized carbons (Fsp3) is 0.647. The molecule has 1 unspecified atom stereocenters. The molecule has 137 valence electrons. The van der Waals surface area contributed by atoms with E-state index in [1.165, 1.54) is 23.6 Å². The number of esters is 1. The van der Waals surface area contributed by atoms with E-state index < -0.39 is 5.97 Å². The number of rotatable bonds is 10. The first-order valence-corrected chi connectivity index (χ1v) is 9.47. The van der Waals surface area contributed by atoms with E-state index in [2.05, 4.69) is 12.2 Å². The Morgan fingerprint density at radius 1 is 1.40 bits per heavy atom. The molecule has 2 aliphatic heterocycles. The number of hydrogen-bond acceptors (Lipinski definition) is 7. The number of carbonyl (C=O) groups is 3. The molecule has 2 atom stereocenters. The summed E-state index contributed by atoms with van der Waals surface area (Å²) in [5.74, 6) is -0.587. The normalized spacial score (nSPS) is 22.3. The zero-order chi connectivity index (χ0) is 18.4. The molecule has 1 amide bonds. The van der Waals surface area contributed by atoms with E-state index in [-0.39, 0.29) is 41.8 Å². The number of amides is 1. The van der Waals surface area contributed by atoms with Crippen LogP contribution in [0.5, 0.6) is 0 Å². The summed E-state index contributed by atoms with van der Waals surface area (Å²) in [6.45, 7) is 4.09. The molecule has 1 radical (unpaired) electrons. The van der Waals surface area contributed by atoms with Gasteiger partial charge in [0.2, 0.25) is 5.91 Å². The lowest BCUT2D eigenvalue weighted by molar-refractivity contribution is -0.144. The summed E-state index contributed by atoms with van der Waals surface area (Å²) in [6.07, 6.45) is 4.75. The molecule has 0 bridgehead atoms. The highest BCUT2D eigenvalue weighted by Gasteiger charge is 2.51. The van der Waals surface area contributed by atoms with E-state index in [1.807, 2.05) is 6.29 Å². The molecular weight excluding hydrogens is 344 g/mol. The number of ether oxygens (including phenoxy) is 1. The largest absolute Gasteiger partial charge is 0.461 e. The molecule has 7 nitrogen and oxygen atoms in total. The summed E-state index contributed by atoms with van der Waals surface area (Å²) in [7, 11) is 0. The number of ketones is 1. The lowest BCUT2D eigenvalue weighted by Gasteiger charge is -2.49. The van der Waals surface area contributed by atoms with E-state index in [1.54, 1.807) is 0 Å². The van der Waals surface area contributed by atoms with Crippen molar-refractivity contribution in [1.29, 1.82) is 0 Å². The van der Waals surface area contributed by atoms with Gasteiger partial charge in [-0.2, -0.15) is 0 Å². The minimum Gasteiger partial charge on any atom is -0.461 e. The number of nitrogens with one attached hydrogen (secondary N) is 1. The van der Waals surface area contributed by atoms with Gasteiger partial charge in [-0.15, -0.1) is 11.8 Å². The van der Waals surface area contributed by atoms with Gasteiger partial charge in [0, 0.05) is 11.3 Å². The van der Waals surface area contributed by atoms with E-state index in [9.17, 15) is 19.2 Å². The molecule has 0 aromatic rings. The lowest BCUT2D eigenvalue weighted by Crippen LogP contribution is -2.69. The van der Waals surface area contributed by atoms with Gasteiger partial charge in [0.1, 0.15) is 35.9 Å². The smallest absolute Gasteiger partial charge is 0.313 e. The molecule has 2 heterocycles. The molecule has 2 aliphatic rings. The summed E-state index contributed by atoms with van der Waals surface area (Å²) >= 11 is 1.53. The summed E-state index contributed by atoms with van der Waals surface area (Å²) < 4.78 is 5.02. The summed E-state index contributed by atoms with van der Waals surface area (Å²) in [5, 5.41) is 3.12.